The summed E-state index contributed by atoms with van der Waals surface area (Å²) in [6.45, 7) is 10.1. The molecule has 3 nitrogen and oxygen atoms in total. The first kappa shape index (κ1) is 15.0. The molecule has 0 N–H and O–H groups in total. The smallest absolute Gasteiger partial charge is 0.147 e. The van der Waals surface area contributed by atoms with E-state index in [1.54, 1.807) is 0 Å². The van der Waals surface area contributed by atoms with Crippen molar-refractivity contribution in [2.45, 2.75) is 40.0 Å². The monoisotopic (exact) mass is 261 g/mol. The average molecular weight is 261 g/mol. The standard InChI is InChI=1S/C13H27NO2S/c1-13(2,3)12-6-9-14(10-7-12)8-5-11-17(4,15)16/h12H,5-11H2,1-4H3. The van der Waals surface area contributed by atoms with Gasteiger partial charge >= 0.3 is 0 Å². The molecule has 0 radical (unpaired) electrons. The average Bonchev–Trinajstić information content (AvgIpc) is 2.15. The van der Waals surface area contributed by atoms with E-state index in [0.717, 1.165) is 32.0 Å². The fraction of sp³-hybridized carbons (Fsp3) is 1.00. The van der Waals surface area contributed by atoms with E-state index >= 15 is 0 Å². The Bertz CT molecular complexity index is 322. The molecule has 0 aromatic heterocycles. The maximum Gasteiger partial charge on any atom is 0.147 e. The summed E-state index contributed by atoms with van der Waals surface area (Å²) in [5.74, 6) is 1.14. The van der Waals surface area contributed by atoms with Crippen LogP contribution >= 0.6 is 0 Å². The molecule has 0 amide bonds. The first-order valence-electron chi connectivity index (χ1n) is 6.58. The summed E-state index contributed by atoms with van der Waals surface area (Å²) in [5.41, 5.74) is 0.416. The van der Waals surface area contributed by atoms with Gasteiger partial charge in [0.1, 0.15) is 9.84 Å². The van der Waals surface area contributed by atoms with Crippen LogP contribution in [0.3, 0.4) is 0 Å². The van der Waals surface area contributed by atoms with Crippen LogP contribution in [0.15, 0.2) is 0 Å². The van der Waals surface area contributed by atoms with Gasteiger partial charge in [0.05, 0.1) is 5.75 Å². The van der Waals surface area contributed by atoms with E-state index in [9.17, 15) is 8.42 Å². The summed E-state index contributed by atoms with van der Waals surface area (Å²) in [6.07, 6.45) is 4.60. The van der Waals surface area contributed by atoms with Crippen LogP contribution in [0, 0.1) is 11.3 Å². The quantitative estimate of drug-likeness (QED) is 0.778. The predicted octanol–water partition coefficient (Wildman–Crippen LogP) is 2.18. The van der Waals surface area contributed by atoms with Gasteiger partial charge < -0.3 is 4.90 Å². The largest absolute Gasteiger partial charge is 0.303 e. The number of nitrogens with zero attached hydrogens (tertiary/aromatic N) is 1. The molecule has 1 fully saturated rings. The zero-order valence-corrected chi connectivity index (χ0v) is 12.5. The minimum absolute atomic E-state index is 0.326. The van der Waals surface area contributed by atoms with Crippen molar-refractivity contribution in [1.82, 2.24) is 4.90 Å². The minimum atomic E-state index is -2.79. The highest BCUT2D eigenvalue weighted by Crippen LogP contribution is 2.34. The Morgan fingerprint density at radius 3 is 2.12 bits per heavy atom. The summed E-state index contributed by atoms with van der Waals surface area (Å²) < 4.78 is 22.1. The first-order chi connectivity index (χ1) is 7.68. The normalized spacial score (nSPS) is 20.7. The molecule has 0 bridgehead atoms. The van der Waals surface area contributed by atoms with Crippen molar-refractivity contribution < 1.29 is 8.42 Å². The van der Waals surface area contributed by atoms with Crippen LogP contribution in [0.25, 0.3) is 0 Å². The Morgan fingerprint density at radius 2 is 1.71 bits per heavy atom. The predicted molar refractivity (Wildman–Crippen MR) is 72.9 cm³/mol. The molecular weight excluding hydrogens is 234 g/mol. The van der Waals surface area contributed by atoms with Gasteiger partial charge in [-0.1, -0.05) is 20.8 Å². The number of sulfone groups is 1. The SMILES string of the molecule is CC(C)(C)C1CCN(CCCS(C)(=O)=O)CC1. The van der Waals surface area contributed by atoms with Crippen molar-refractivity contribution in [2.24, 2.45) is 11.3 Å². The van der Waals surface area contributed by atoms with Crippen molar-refractivity contribution in [3.05, 3.63) is 0 Å². The van der Waals surface area contributed by atoms with Crippen LogP contribution in [-0.4, -0.2) is 45.0 Å². The molecule has 0 spiro atoms. The van der Waals surface area contributed by atoms with Gasteiger partial charge in [-0.25, -0.2) is 8.42 Å². The van der Waals surface area contributed by atoms with Gasteiger partial charge in [-0.15, -0.1) is 0 Å². The summed E-state index contributed by atoms with van der Waals surface area (Å²) in [5, 5.41) is 0. The number of hydrogen-bond acceptors (Lipinski definition) is 3. The third-order valence-corrected chi connectivity index (χ3v) is 4.83. The lowest BCUT2D eigenvalue weighted by Crippen LogP contribution is -2.38. The van der Waals surface area contributed by atoms with Gasteiger partial charge in [0.2, 0.25) is 0 Å². The molecule has 1 saturated heterocycles. The van der Waals surface area contributed by atoms with Crippen LogP contribution < -0.4 is 0 Å². The second-order valence-corrected chi connectivity index (χ2v) is 8.73. The highest BCUT2D eigenvalue weighted by atomic mass is 32.2. The van der Waals surface area contributed by atoms with E-state index in [2.05, 4.69) is 25.7 Å². The molecule has 1 rings (SSSR count). The number of piperidine rings is 1. The molecular formula is C13H27NO2S. The van der Waals surface area contributed by atoms with Crippen LogP contribution in [0.2, 0.25) is 0 Å². The molecule has 0 atom stereocenters. The van der Waals surface area contributed by atoms with Crippen LogP contribution in [0.4, 0.5) is 0 Å². The van der Waals surface area contributed by atoms with Crippen LogP contribution in [0.5, 0.6) is 0 Å². The Balaban J connectivity index is 2.24. The molecule has 0 unspecified atom stereocenters. The van der Waals surface area contributed by atoms with Gasteiger partial charge in [-0.2, -0.15) is 0 Å². The van der Waals surface area contributed by atoms with E-state index < -0.39 is 9.84 Å². The molecule has 0 aromatic carbocycles. The molecule has 1 aliphatic heterocycles. The highest BCUT2D eigenvalue weighted by molar-refractivity contribution is 7.90. The summed E-state index contributed by atoms with van der Waals surface area (Å²) in [7, 11) is -2.79. The maximum atomic E-state index is 11.0. The van der Waals surface area contributed by atoms with Gasteiger partial charge in [0, 0.05) is 6.26 Å². The van der Waals surface area contributed by atoms with E-state index in [0.29, 0.717) is 11.2 Å². The zero-order valence-electron chi connectivity index (χ0n) is 11.7. The molecule has 1 heterocycles. The fourth-order valence-electron chi connectivity index (χ4n) is 2.57. The molecule has 102 valence electrons. The number of hydrogen-bond donors (Lipinski definition) is 0. The third kappa shape index (κ3) is 5.87. The number of rotatable bonds is 4. The summed E-state index contributed by atoms with van der Waals surface area (Å²) in [4.78, 5) is 2.41. The molecule has 1 aliphatic rings. The summed E-state index contributed by atoms with van der Waals surface area (Å²) >= 11 is 0. The van der Waals surface area contributed by atoms with Crippen molar-refractivity contribution in [1.29, 1.82) is 0 Å². The Morgan fingerprint density at radius 1 is 1.18 bits per heavy atom. The van der Waals surface area contributed by atoms with Gasteiger partial charge in [-0.05, 0) is 50.2 Å². The van der Waals surface area contributed by atoms with Crippen molar-refractivity contribution in [3.63, 3.8) is 0 Å². The highest BCUT2D eigenvalue weighted by Gasteiger charge is 2.28. The molecule has 0 saturated carbocycles. The van der Waals surface area contributed by atoms with E-state index in [1.165, 1.54) is 19.1 Å². The van der Waals surface area contributed by atoms with Crippen molar-refractivity contribution in [2.75, 3.05) is 31.6 Å². The Hall–Kier alpha value is -0.0900. The lowest BCUT2D eigenvalue weighted by atomic mass is 9.75. The fourth-order valence-corrected chi connectivity index (χ4v) is 3.23. The first-order valence-corrected chi connectivity index (χ1v) is 8.64. The van der Waals surface area contributed by atoms with Crippen LogP contribution in [-0.2, 0) is 9.84 Å². The van der Waals surface area contributed by atoms with Crippen LogP contribution in [0.1, 0.15) is 40.0 Å². The van der Waals surface area contributed by atoms with E-state index in [4.69, 9.17) is 0 Å². The van der Waals surface area contributed by atoms with Gasteiger partial charge in [0.15, 0.2) is 0 Å². The molecule has 0 aromatic rings. The molecule has 17 heavy (non-hydrogen) atoms. The summed E-state index contributed by atoms with van der Waals surface area (Å²) in [6, 6.07) is 0. The Kier molecular flexibility index (Phi) is 5.02. The topological polar surface area (TPSA) is 37.4 Å². The third-order valence-electron chi connectivity index (χ3n) is 3.80. The van der Waals surface area contributed by atoms with Gasteiger partial charge in [0.25, 0.3) is 0 Å². The second kappa shape index (κ2) is 5.70. The second-order valence-electron chi connectivity index (χ2n) is 6.47. The molecule has 4 heteroatoms. The maximum absolute atomic E-state index is 11.0. The van der Waals surface area contributed by atoms with Gasteiger partial charge in [-0.3, -0.25) is 0 Å². The zero-order chi connectivity index (χ0) is 13.1. The van der Waals surface area contributed by atoms with Crippen molar-refractivity contribution in [3.8, 4) is 0 Å². The molecule has 0 aliphatic carbocycles. The Labute approximate surface area is 106 Å². The van der Waals surface area contributed by atoms with Crippen molar-refractivity contribution >= 4 is 9.84 Å². The number of likely N-dealkylation sites (tertiary alicyclic amines) is 1. The minimum Gasteiger partial charge on any atom is -0.303 e. The van der Waals surface area contributed by atoms with E-state index in [1.807, 2.05) is 0 Å². The lowest BCUT2D eigenvalue weighted by molar-refractivity contribution is 0.112. The lowest BCUT2D eigenvalue weighted by Gasteiger charge is -2.38. The van der Waals surface area contributed by atoms with E-state index in [-0.39, 0.29) is 0 Å².